The molecule has 0 aliphatic rings. The van der Waals surface area contributed by atoms with E-state index in [9.17, 15) is 0 Å². The summed E-state index contributed by atoms with van der Waals surface area (Å²) in [5.41, 5.74) is 0. The summed E-state index contributed by atoms with van der Waals surface area (Å²) in [6, 6.07) is 2.49. The highest BCUT2D eigenvalue weighted by atomic mass is 35.5. The van der Waals surface area contributed by atoms with Gasteiger partial charge in [0.05, 0.1) is 5.39 Å². The van der Waals surface area contributed by atoms with Gasteiger partial charge in [-0.2, -0.15) is 0 Å². The van der Waals surface area contributed by atoms with Crippen molar-refractivity contribution in [2.45, 2.75) is 39.2 Å². The highest BCUT2D eigenvalue weighted by Crippen LogP contribution is 2.27. The van der Waals surface area contributed by atoms with Crippen LogP contribution < -0.4 is 5.32 Å². The molecule has 0 bridgehead atoms. The molecule has 0 amide bonds. The van der Waals surface area contributed by atoms with Crippen LogP contribution in [-0.4, -0.2) is 16.0 Å². The molecule has 92 valence electrons. The van der Waals surface area contributed by atoms with Crippen molar-refractivity contribution in [1.29, 1.82) is 0 Å². The Labute approximate surface area is 110 Å². The summed E-state index contributed by atoms with van der Waals surface area (Å²) in [6.07, 6.45) is 3.39. The van der Waals surface area contributed by atoms with Gasteiger partial charge in [-0.3, -0.25) is 0 Å². The highest BCUT2D eigenvalue weighted by Gasteiger charge is 2.11. The van der Waals surface area contributed by atoms with E-state index < -0.39 is 0 Å². The van der Waals surface area contributed by atoms with Gasteiger partial charge in [-0.25, -0.2) is 9.97 Å². The predicted molar refractivity (Wildman–Crippen MR) is 75.0 cm³/mol. The van der Waals surface area contributed by atoms with Crippen molar-refractivity contribution in [3.8, 4) is 0 Å². The van der Waals surface area contributed by atoms with Gasteiger partial charge in [0, 0.05) is 6.04 Å². The van der Waals surface area contributed by atoms with Gasteiger partial charge in [-0.15, -0.1) is 11.3 Å². The van der Waals surface area contributed by atoms with Crippen LogP contribution in [0.4, 0.5) is 5.82 Å². The molecule has 0 aromatic carbocycles. The van der Waals surface area contributed by atoms with E-state index in [1.54, 1.807) is 11.3 Å². The maximum atomic E-state index is 5.93. The number of rotatable bonds is 5. The molecule has 0 spiro atoms. The normalized spacial score (nSPS) is 12.9. The molecule has 5 heteroatoms. The van der Waals surface area contributed by atoms with Crippen LogP contribution in [0.15, 0.2) is 11.4 Å². The van der Waals surface area contributed by atoms with E-state index in [4.69, 9.17) is 11.6 Å². The third-order valence-corrected chi connectivity index (χ3v) is 3.74. The zero-order valence-electron chi connectivity index (χ0n) is 10.0. The Morgan fingerprint density at radius 3 is 2.94 bits per heavy atom. The number of nitrogens with one attached hydrogen (secondary N) is 1. The Morgan fingerprint density at radius 2 is 2.24 bits per heavy atom. The SMILES string of the molecule is CCCC(CC)Nc1nc(Cl)nc2sccc12. The second kappa shape index (κ2) is 5.65. The van der Waals surface area contributed by atoms with Gasteiger partial charge in [0.2, 0.25) is 5.28 Å². The topological polar surface area (TPSA) is 37.8 Å². The number of hydrogen-bond donors (Lipinski definition) is 1. The van der Waals surface area contributed by atoms with E-state index in [1.165, 1.54) is 0 Å². The van der Waals surface area contributed by atoms with Crippen molar-refractivity contribution in [3.05, 3.63) is 16.7 Å². The molecule has 0 fully saturated rings. The molecule has 0 aliphatic heterocycles. The van der Waals surface area contributed by atoms with Gasteiger partial charge in [0.15, 0.2) is 0 Å². The minimum absolute atomic E-state index is 0.314. The number of halogens is 1. The minimum Gasteiger partial charge on any atom is -0.367 e. The Bertz CT molecular complexity index is 497. The summed E-state index contributed by atoms with van der Waals surface area (Å²) in [5, 5.41) is 6.86. The fourth-order valence-electron chi connectivity index (χ4n) is 1.86. The first-order chi connectivity index (χ1) is 8.24. The minimum atomic E-state index is 0.314. The predicted octanol–water partition coefficient (Wildman–Crippen LogP) is 4.34. The van der Waals surface area contributed by atoms with E-state index in [2.05, 4.69) is 29.1 Å². The molecule has 3 nitrogen and oxygen atoms in total. The standard InChI is InChI=1S/C12H16ClN3S/c1-3-5-8(4-2)14-10-9-6-7-17-11(9)16-12(13)15-10/h6-8H,3-5H2,1-2H3,(H,14,15,16). The van der Waals surface area contributed by atoms with Gasteiger partial charge in [-0.05, 0) is 35.9 Å². The van der Waals surface area contributed by atoms with Crippen molar-refractivity contribution >= 4 is 39.0 Å². The smallest absolute Gasteiger partial charge is 0.225 e. The first-order valence-corrected chi connectivity index (χ1v) is 7.17. The van der Waals surface area contributed by atoms with Crippen molar-refractivity contribution in [3.63, 3.8) is 0 Å². The van der Waals surface area contributed by atoms with E-state index in [0.29, 0.717) is 11.3 Å². The van der Waals surface area contributed by atoms with Crippen LogP contribution in [0, 0.1) is 0 Å². The molecule has 2 rings (SSSR count). The van der Waals surface area contributed by atoms with Crippen LogP contribution in [0.1, 0.15) is 33.1 Å². The fraction of sp³-hybridized carbons (Fsp3) is 0.500. The molecule has 2 aromatic rings. The molecular weight excluding hydrogens is 254 g/mol. The molecule has 1 atom stereocenters. The van der Waals surface area contributed by atoms with E-state index >= 15 is 0 Å². The quantitative estimate of drug-likeness (QED) is 0.821. The molecule has 0 radical (unpaired) electrons. The van der Waals surface area contributed by atoms with Crippen molar-refractivity contribution in [2.75, 3.05) is 5.32 Å². The van der Waals surface area contributed by atoms with Gasteiger partial charge < -0.3 is 5.32 Å². The third-order valence-electron chi connectivity index (χ3n) is 2.77. The zero-order valence-corrected chi connectivity index (χ0v) is 11.6. The number of hydrogen-bond acceptors (Lipinski definition) is 4. The third kappa shape index (κ3) is 2.87. The maximum Gasteiger partial charge on any atom is 0.225 e. The highest BCUT2D eigenvalue weighted by molar-refractivity contribution is 7.16. The lowest BCUT2D eigenvalue weighted by Crippen LogP contribution is -2.19. The lowest BCUT2D eigenvalue weighted by molar-refractivity contribution is 0.621. The molecule has 2 heterocycles. The van der Waals surface area contributed by atoms with Crippen molar-refractivity contribution < 1.29 is 0 Å². The van der Waals surface area contributed by atoms with Crippen LogP contribution in [0.5, 0.6) is 0 Å². The number of fused-ring (bicyclic) bond motifs is 1. The lowest BCUT2D eigenvalue weighted by Gasteiger charge is -2.17. The van der Waals surface area contributed by atoms with Gasteiger partial charge in [-0.1, -0.05) is 20.3 Å². The summed E-state index contributed by atoms with van der Waals surface area (Å²) in [7, 11) is 0. The summed E-state index contributed by atoms with van der Waals surface area (Å²) < 4.78 is 0. The number of anilines is 1. The Balaban J connectivity index is 2.30. The van der Waals surface area contributed by atoms with E-state index in [0.717, 1.165) is 35.3 Å². The van der Waals surface area contributed by atoms with Crippen molar-refractivity contribution in [1.82, 2.24) is 9.97 Å². The van der Waals surface area contributed by atoms with Gasteiger partial charge in [0.25, 0.3) is 0 Å². The summed E-state index contributed by atoms with van der Waals surface area (Å²) >= 11 is 7.52. The molecule has 1 N–H and O–H groups in total. The molecule has 0 saturated heterocycles. The van der Waals surface area contributed by atoms with Crippen molar-refractivity contribution in [2.24, 2.45) is 0 Å². The number of nitrogens with zero attached hydrogens (tertiary/aromatic N) is 2. The van der Waals surface area contributed by atoms with Crippen LogP contribution in [0.25, 0.3) is 10.2 Å². The van der Waals surface area contributed by atoms with E-state index in [-0.39, 0.29) is 0 Å². The van der Waals surface area contributed by atoms with Crippen LogP contribution in [0.3, 0.4) is 0 Å². The van der Waals surface area contributed by atoms with E-state index in [1.807, 2.05) is 11.4 Å². The lowest BCUT2D eigenvalue weighted by atomic mass is 10.1. The largest absolute Gasteiger partial charge is 0.367 e. The fourth-order valence-corrected chi connectivity index (χ4v) is 2.84. The number of aromatic nitrogens is 2. The van der Waals surface area contributed by atoms with Gasteiger partial charge in [0.1, 0.15) is 10.6 Å². The number of thiophene rings is 1. The maximum absolute atomic E-state index is 5.93. The monoisotopic (exact) mass is 269 g/mol. The van der Waals surface area contributed by atoms with Crippen LogP contribution >= 0.6 is 22.9 Å². The van der Waals surface area contributed by atoms with Crippen LogP contribution in [0.2, 0.25) is 5.28 Å². The first-order valence-electron chi connectivity index (χ1n) is 5.91. The molecule has 0 saturated carbocycles. The Hall–Kier alpha value is -0.870. The Morgan fingerprint density at radius 1 is 1.41 bits per heavy atom. The molecular formula is C12H16ClN3S. The molecule has 1 unspecified atom stereocenters. The Kier molecular flexibility index (Phi) is 4.18. The first kappa shape index (κ1) is 12.6. The van der Waals surface area contributed by atoms with Crippen LogP contribution in [-0.2, 0) is 0 Å². The molecule has 17 heavy (non-hydrogen) atoms. The second-order valence-corrected chi connectivity index (χ2v) is 5.25. The summed E-state index contributed by atoms with van der Waals surface area (Å²) in [4.78, 5) is 9.45. The molecule has 0 aliphatic carbocycles. The average molecular weight is 270 g/mol. The van der Waals surface area contributed by atoms with Gasteiger partial charge >= 0.3 is 0 Å². The second-order valence-electron chi connectivity index (χ2n) is 4.02. The zero-order chi connectivity index (χ0) is 12.3. The molecule has 2 aromatic heterocycles. The summed E-state index contributed by atoms with van der Waals surface area (Å²) in [6.45, 7) is 4.37. The average Bonchev–Trinajstić information content (AvgIpc) is 2.76. The summed E-state index contributed by atoms with van der Waals surface area (Å²) in [5.74, 6) is 0.863.